The molecule has 2 unspecified atom stereocenters. The third kappa shape index (κ3) is 30.0. The lowest BCUT2D eigenvalue weighted by molar-refractivity contribution is -0.297. The van der Waals surface area contributed by atoms with Crippen molar-refractivity contribution in [3.63, 3.8) is 0 Å². The summed E-state index contributed by atoms with van der Waals surface area (Å²) in [5.41, 5.74) is 0. The molecule has 1 rings (SSSR count). The van der Waals surface area contributed by atoms with Crippen LogP contribution in [0.1, 0.15) is 181 Å². The van der Waals surface area contributed by atoms with Crippen molar-refractivity contribution in [2.24, 2.45) is 0 Å². The van der Waals surface area contributed by atoms with Crippen LogP contribution in [0.25, 0.3) is 0 Å². The van der Waals surface area contributed by atoms with Gasteiger partial charge in [-0.25, -0.2) is 0 Å². The Morgan fingerprint density at radius 2 is 1.03 bits per heavy atom. The first-order valence-corrected chi connectivity index (χ1v) is 24.2. The molecule has 0 aromatic heterocycles. The zero-order valence-electron chi connectivity index (χ0n) is 35.9. The molecule has 6 atom stereocenters. The second-order valence-corrected chi connectivity index (χ2v) is 17.2. The van der Waals surface area contributed by atoms with Gasteiger partial charge in [-0.15, -0.1) is 0 Å². The third-order valence-corrected chi connectivity index (χ3v) is 10.9. The molecular formula is C45H80O12S. The minimum Gasteiger partial charge on any atom is -0.462 e. The number of aliphatic hydroxyl groups is 3. The van der Waals surface area contributed by atoms with Crippen LogP contribution in [0.4, 0.5) is 0 Å². The highest BCUT2D eigenvalue weighted by molar-refractivity contribution is 7.85. The summed E-state index contributed by atoms with van der Waals surface area (Å²) < 4.78 is 54.0. The summed E-state index contributed by atoms with van der Waals surface area (Å²) in [4.78, 5) is 25.4. The van der Waals surface area contributed by atoms with Crippen molar-refractivity contribution in [1.82, 2.24) is 0 Å². The van der Waals surface area contributed by atoms with E-state index in [9.17, 15) is 37.9 Å². The van der Waals surface area contributed by atoms with E-state index in [2.05, 4.69) is 50.3 Å². The minimum absolute atomic E-state index is 0.145. The topological polar surface area (TPSA) is 186 Å². The van der Waals surface area contributed by atoms with E-state index in [0.717, 1.165) is 70.6 Å². The van der Waals surface area contributed by atoms with Gasteiger partial charge in [-0.05, 0) is 70.6 Å². The maximum atomic E-state index is 12.8. The van der Waals surface area contributed by atoms with Crippen molar-refractivity contribution in [2.75, 3.05) is 19.0 Å². The van der Waals surface area contributed by atoms with Crippen LogP contribution >= 0.6 is 0 Å². The van der Waals surface area contributed by atoms with Gasteiger partial charge < -0.3 is 34.3 Å². The first-order valence-electron chi connectivity index (χ1n) is 22.5. The fourth-order valence-electron chi connectivity index (χ4n) is 6.64. The normalized spacial score (nSPS) is 20.7. The zero-order chi connectivity index (χ0) is 42.7. The molecule has 0 aromatic rings. The van der Waals surface area contributed by atoms with Gasteiger partial charge in [0.2, 0.25) is 0 Å². The van der Waals surface area contributed by atoms with Crippen LogP contribution in [-0.4, -0.2) is 96.0 Å². The quantitative estimate of drug-likeness (QED) is 0.0202. The standard InChI is InChI=1S/C45H80O12S/c1-3-5-7-9-11-13-15-17-19-21-23-25-27-29-31-33-40(46)54-35-38(36-55-45-44(50)43(49)42(48)39(57-45)37-58(51,52)53)56-41(47)34-32-30-28-26-24-22-20-18-16-14-12-10-8-6-4-2/h12,14,18,20-21,23,38-39,42-45,48-50H,3-11,13,15-17,19,22,24-37H2,1-2H3,(H,51,52,53)/b14-12+,20-18+,23-21+/t38-,39-,42-,43?,44?,45+/m1/s1. The monoisotopic (exact) mass is 845 g/mol. The zero-order valence-corrected chi connectivity index (χ0v) is 36.7. The number of hydrogen-bond acceptors (Lipinski definition) is 11. The second kappa shape index (κ2) is 35.6. The minimum atomic E-state index is -4.60. The maximum absolute atomic E-state index is 12.8. The highest BCUT2D eigenvalue weighted by atomic mass is 32.2. The Morgan fingerprint density at radius 3 is 1.59 bits per heavy atom. The van der Waals surface area contributed by atoms with E-state index in [1.807, 2.05) is 0 Å². The van der Waals surface area contributed by atoms with E-state index in [1.54, 1.807) is 0 Å². The Balaban J connectivity index is 2.48. The molecule has 1 saturated heterocycles. The molecule has 0 amide bonds. The molecule has 0 bridgehead atoms. The lowest BCUT2D eigenvalue weighted by atomic mass is 10.00. The van der Waals surface area contributed by atoms with Gasteiger partial charge in [0, 0.05) is 12.8 Å². The van der Waals surface area contributed by atoms with Gasteiger partial charge in [0.05, 0.1) is 6.61 Å². The van der Waals surface area contributed by atoms with Crippen LogP contribution in [0.5, 0.6) is 0 Å². The van der Waals surface area contributed by atoms with Crippen LogP contribution in [0, 0.1) is 0 Å². The molecule has 4 N–H and O–H groups in total. The second-order valence-electron chi connectivity index (χ2n) is 15.7. The average molecular weight is 845 g/mol. The lowest BCUT2D eigenvalue weighted by Gasteiger charge is -2.40. The fourth-order valence-corrected chi connectivity index (χ4v) is 7.33. The van der Waals surface area contributed by atoms with Crippen LogP contribution < -0.4 is 0 Å². The maximum Gasteiger partial charge on any atom is 0.306 e. The van der Waals surface area contributed by atoms with Crippen LogP contribution in [-0.2, 0) is 38.7 Å². The van der Waals surface area contributed by atoms with E-state index in [-0.39, 0.29) is 19.4 Å². The van der Waals surface area contributed by atoms with Crippen LogP contribution in [0.3, 0.4) is 0 Å². The molecule has 12 nitrogen and oxygen atoms in total. The number of esters is 2. The summed E-state index contributed by atoms with van der Waals surface area (Å²) in [7, 11) is -4.60. The summed E-state index contributed by atoms with van der Waals surface area (Å²) in [5, 5.41) is 30.9. The van der Waals surface area contributed by atoms with E-state index >= 15 is 0 Å². The van der Waals surface area contributed by atoms with Gasteiger partial charge in [-0.1, -0.05) is 134 Å². The smallest absolute Gasteiger partial charge is 0.306 e. The highest BCUT2D eigenvalue weighted by Crippen LogP contribution is 2.24. The van der Waals surface area contributed by atoms with E-state index < -0.39 is 71.2 Å². The van der Waals surface area contributed by atoms with Crippen LogP contribution in [0.15, 0.2) is 36.5 Å². The SMILES string of the molecule is CCCCC/C=C/C/C=C/CCCCCCCC(=O)O[C@H](COC(=O)CCCCC/C=C/CCCCCCCCCC)CO[C@H]1O[C@H](CS(=O)(=O)O)[C@@H](O)C(O)C1O. The Bertz CT molecular complexity index is 1220. The van der Waals surface area contributed by atoms with Crippen molar-refractivity contribution >= 4 is 22.1 Å². The summed E-state index contributed by atoms with van der Waals surface area (Å²) in [6.07, 6.45) is 30.4. The highest BCUT2D eigenvalue weighted by Gasteiger charge is 2.46. The molecule has 0 spiro atoms. The van der Waals surface area contributed by atoms with Gasteiger partial charge >= 0.3 is 11.9 Å². The van der Waals surface area contributed by atoms with Crippen molar-refractivity contribution in [3.05, 3.63) is 36.5 Å². The number of carbonyl (C=O) groups excluding carboxylic acids is 2. The number of ether oxygens (including phenoxy) is 4. The van der Waals surface area contributed by atoms with Gasteiger partial charge in [0.25, 0.3) is 10.1 Å². The van der Waals surface area contributed by atoms with E-state index in [4.69, 9.17) is 18.9 Å². The summed E-state index contributed by atoms with van der Waals surface area (Å²) in [5.74, 6) is -2.02. The molecule has 0 saturated carbocycles. The van der Waals surface area contributed by atoms with E-state index in [0.29, 0.717) is 12.8 Å². The predicted octanol–water partition coefficient (Wildman–Crippen LogP) is 9.00. The summed E-state index contributed by atoms with van der Waals surface area (Å²) in [6.45, 7) is 3.70. The predicted molar refractivity (Wildman–Crippen MR) is 229 cm³/mol. The molecule has 0 aliphatic carbocycles. The number of allylic oxidation sites excluding steroid dienone is 6. The Hall–Kier alpha value is -2.13. The molecule has 13 heteroatoms. The molecule has 0 radical (unpaired) electrons. The number of hydrogen-bond donors (Lipinski definition) is 4. The molecular weight excluding hydrogens is 765 g/mol. The molecule has 1 fully saturated rings. The van der Waals surface area contributed by atoms with Gasteiger partial charge in [-0.2, -0.15) is 8.42 Å². The number of unbranched alkanes of at least 4 members (excludes halogenated alkanes) is 19. The number of carbonyl (C=O) groups is 2. The van der Waals surface area contributed by atoms with Crippen molar-refractivity contribution in [2.45, 2.75) is 218 Å². The van der Waals surface area contributed by atoms with Crippen molar-refractivity contribution in [1.29, 1.82) is 0 Å². The first kappa shape index (κ1) is 53.9. The fraction of sp³-hybridized carbons (Fsp3) is 0.822. The number of aliphatic hydroxyl groups excluding tert-OH is 3. The molecule has 1 aliphatic heterocycles. The average Bonchev–Trinajstić information content (AvgIpc) is 3.18. The summed E-state index contributed by atoms with van der Waals surface area (Å²) in [6, 6.07) is 0. The summed E-state index contributed by atoms with van der Waals surface area (Å²) >= 11 is 0. The molecule has 58 heavy (non-hydrogen) atoms. The van der Waals surface area contributed by atoms with Gasteiger partial charge in [0.1, 0.15) is 36.8 Å². The molecule has 1 aliphatic rings. The molecule has 0 aromatic carbocycles. The van der Waals surface area contributed by atoms with Gasteiger partial charge in [0.15, 0.2) is 12.4 Å². The molecule has 1 heterocycles. The first-order chi connectivity index (χ1) is 28.0. The van der Waals surface area contributed by atoms with Crippen LogP contribution in [0.2, 0.25) is 0 Å². The van der Waals surface area contributed by atoms with Crippen molar-refractivity contribution in [3.8, 4) is 0 Å². The van der Waals surface area contributed by atoms with Crippen molar-refractivity contribution < 1.29 is 56.8 Å². The third-order valence-electron chi connectivity index (χ3n) is 10.2. The largest absolute Gasteiger partial charge is 0.462 e. The Labute approximate surface area is 351 Å². The lowest BCUT2D eigenvalue weighted by Crippen LogP contribution is -2.60. The van der Waals surface area contributed by atoms with Gasteiger partial charge in [-0.3, -0.25) is 14.1 Å². The molecule has 338 valence electrons. The number of rotatable bonds is 37. The Kier molecular flexibility index (Phi) is 33.1. The van der Waals surface area contributed by atoms with E-state index in [1.165, 1.54) is 70.6 Å². The Morgan fingerprint density at radius 1 is 0.586 bits per heavy atom.